The minimum atomic E-state index is 0.773. The van der Waals surface area contributed by atoms with Crippen LogP contribution in [0.15, 0.2) is 11.4 Å². The van der Waals surface area contributed by atoms with E-state index >= 15 is 0 Å². The highest BCUT2D eigenvalue weighted by Crippen LogP contribution is 2.39. The average Bonchev–Trinajstić information content (AvgIpc) is 2.71. The predicted octanol–water partition coefficient (Wildman–Crippen LogP) is 3.36. The van der Waals surface area contributed by atoms with Crippen LogP contribution in [0.1, 0.15) is 30.2 Å². The summed E-state index contributed by atoms with van der Waals surface area (Å²) in [6.45, 7) is 9.48. The molecule has 0 aromatic carbocycles. The van der Waals surface area contributed by atoms with Crippen LogP contribution < -0.4 is 0 Å². The third kappa shape index (κ3) is 2.11. The lowest BCUT2D eigenvalue weighted by Crippen LogP contribution is -2.17. The zero-order chi connectivity index (χ0) is 11.0. The fourth-order valence-corrected chi connectivity index (χ4v) is 3.85. The number of nitrogens with zero attached hydrogens (tertiary/aromatic N) is 1. The molecule has 0 amide bonds. The molecule has 1 aliphatic rings. The van der Waals surface area contributed by atoms with Crippen molar-refractivity contribution in [3.05, 3.63) is 21.9 Å². The summed E-state index contributed by atoms with van der Waals surface area (Å²) in [5, 5.41) is 2.24. The van der Waals surface area contributed by atoms with Gasteiger partial charge < -0.3 is 4.90 Å². The van der Waals surface area contributed by atoms with Crippen LogP contribution in [0.25, 0.3) is 0 Å². The zero-order valence-electron chi connectivity index (χ0n) is 10.2. The van der Waals surface area contributed by atoms with Crippen LogP contribution in [0.5, 0.6) is 0 Å². The van der Waals surface area contributed by atoms with Crippen molar-refractivity contribution in [1.29, 1.82) is 0 Å². The molecule has 2 heterocycles. The Hall–Kier alpha value is -0.340. The first kappa shape index (κ1) is 11.2. The Morgan fingerprint density at radius 3 is 2.67 bits per heavy atom. The second-order valence-electron chi connectivity index (χ2n) is 5.20. The van der Waals surface area contributed by atoms with Crippen LogP contribution in [0.4, 0.5) is 0 Å². The molecule has 15 heavy (non-hydrogen) atoms. The summed E-state index contributed by atoms with van der Waals surface area (Å²) in [6, 6.07) is 2.26. The predicted molar refractivity (Wildman–Crippen MR) is 67.6 cm³/mol. The molecular weight excluding hydrogens is 202 g/mol. The molecule has 0 aliphatic carbocycles. The molecule has 0 radical (unpaired) electrons. The lowest BCUT2D eigenvalue weighted by Gasteiger charge is -2.21. The first-order chi connectivity index (χ1) is 7.09. The number of rotatable bonds is 2. The highest BCUT2D eigenvalue weighted by Gasteiger charge is 2.35. The fourth-order valence-electron chi connectivity index (χ4n) is 2.75. The normalized spacial score (nSPS) is 27.8. The van der Waals surface area contributed by atoms with Gasteiger partial charge in [0.15, 0.2) is 0 Å². The standard InChI is InChI=1S/C13H21NS/c1-9(2)11-7-14(4)8-12(11)13-10(3)5-6-15-13/h5-6,9,11-12H,7-8H2,1-4H3. The molecule has 1 fully saturated rings. The molecule has 84 valence electrons. The van der Waals surface area contributed by atoms with Gasteiger partial charge in [-0.1, -0.05) is 13.8 Å². The quantitative estimate of drug-likeness (QED) is 0.743. The van der Waals surface area contributed by atoms with Crippen LogP contribution in [-0.2, 0) is 0 Å². The minimum absolute atomic E-state index is 0.773. The molecule has 2 unspecified atom stereocenters. The second kappa shape index (κ2) is 4.26. The summed E-state index contributed by atoms with van der Waals surface area (Å²) < 4.78 is 0. The molecule has 2 atom stereocenters. The van der Waals surface area contributed by atoms with Crippen molar-refractivity contribution < 1.29 is 0 Å². The Morgan fingerprint density at radius 2 is 2.13 bits per heavy atom. The second-order valence-corrected chi connectivity index (χ2v) is 6.15. The van der Waals surface area contributed by atoms with Gasteiger partial charge in [-0.15, -0.1) is 11.3 Å². The molecule has 2 heteroatoms. The lowest BCUT2D eigenvalue weighted by atomic mass is 9.84. The van der Waals surface area contributed by atoms with E-state index in [1.54, 1.807) is 4.88 Å². The van der Waals surface area contributed by atoms with Gasteiger partial charge in [0.05, 0.1) is 0 Å². The molecule has 1 aliphatic heterocycles. The van der Waals surface area contributed by atoms with Crippen LogP contribution in [0, 0.1) is 18.8 Å². The van der Waals surface area contributed by atoms with E-state index in [4.69, 9.17) is 0 Å². The molecule has 0 N–H and O–H groups in total. The molecule has 0 saturated carbocycles. The van der Waals surface area contributed by atoms with E-state index in [0.29, 0.717) is 0 Å². The highest BCUT2D eigenvalue weighted by atomic mass is 32.1. The van der Waals surface area contributed by atoms with Gasteiger partial charge in [-0.05, 0) is 42.8 Å². The summed E-state index contributed by atoms with van der Waals surface area (Å²) in [5.41, 5.74) is 1.49. The fraction of sp³-hybridized carbons (Fsp3) is 0.692. The number of hydrogen-bond donors (Lipinski definition) is 0. The monoisotopic (exact) mass is 223 g/mol. The Kier molecular flexibility index (Phi) is 3.17. The van der Waals surface area contributed by atoms with Crippen molar-refractivity contribution in [3.8, 4) is 0 Å². The maximum atomic E-state index is 2.48. The van der Waals surface area contributed by atoms with Gasteiger partial charge in [0, 0.05) is 23.9 Å². The van der Waals surface area contributed by atoms with E-state index in [9.17, 15) is 0 Å². The Bertz CT molecular complexity index is 329. The molecule has 2 rings (SSSR count). The molecule has 1 aromatic rings. The Morgan fingerprint density at radius 1 is 1.40 bits per heavy atom. The van der Waals surface area contributed by atoms with E-state index in [1.807, 2.05) is 11.3 Å². The first-order valence-electron chi connectivity index (χ1n) is 5.82. The van der Waals surface area contributed by atoms with Crippen LogP contribution in [-0.4, -0.2) is 25.0 Å². The van der Waals surface area contributed by atoms with Crippen molar-refractivity contribution in [3.63, 3.8) is 0 Å². The number of hydrogen-bond acceptors (Lipinski definition) is 2. The van der Waals surface area contributed by atoms with Crippen molar-refractivity contribution in [2.45, 2.75) is 26.7 Å². The third-order valence-electron chi connectivity index (χ3n) is 3.64. The molecular formula is C13H21NS. The first-order valence-corrected chi connectivity index (χ1v) is 6.70. The SMILES string of the molecule is Cc1ccsc1C1CN(C)CC1C(C)C. The largest absolute Gasteiger partial charge is 0.305 e. The van der Waals surface area contributed by atoms with Gasteiger partial charge in [0.1, 0.15) is 0 Å². The maximum absolute atomic E-state index is 2.48. The van der Waals surface area contributed by atoms with Crippen molar-refractivity contribution in [2.24, 2.45) is 11.8 Å². The molecule has 1 saturated heterocycles. The smallest absolute Gasteiger partial charge is 0.0121 e. The summed E-state index contributed by atoms with van der Waals surface area (Å²) in [4.78, 5) is 4.10. The highest BCUT2D eigenvalue weighted by molar-refractivity contribution is 7.10. The molecule has 0 spiro atoms. The van der Waals surface area contributed by atoms with Gasteiger partial charge in [-0.25, -0.2) is 0 Å². The van der Waals surface area contributed by atoms with Crippen molar-refractivity contribution in [1.82, 2.24) is 4.90 Å². The van der Waals surface area contributed by atoms with Gasteiger partial charge in [-0.2, -0.15) is 0 Å². The summed E-state index contributed by atoms with van der Waals surface area (Å²) >= 11 is 1.94. The maximum Gasteiger partial charge on any atom is 0.0121 e. The van der Waals surface area contributed by atoms with Gasteiger partial charge >= 0.3 is 0 Å². The third-order valence-corrected chi connectivity index (χ3v) is 4.79. The minimum Gasteiger partial charge on any atom is -0.305 e. The Labute approximate surface area is 97.1 Å². The number of likely N-dealkylation sites (tertiary alicyclic amines) is 1. The number of likely N-dealkylation sites (N-methyl/N-ethyl adjacent to an activating group) is 1. The molecule has 0 bridgehead atoms. The van der Waals surface area contributed by atoms with E-state index in [0.717, 1.165) is 17.8 Å². The van der Waals surface area contributed by atoms with E-state index in [-0.39, 0.29) is 0 Å². The van der Waals surface area contributed by atoms with Gasteiger partial charge in [0.2, 0.25) is 0 Å². The molecule has 1 nitrogen and oxygen atoms in total. The lowest BCUT2D eigenvalue weighted by molar-refractivity contribution is 0.345. The van der Waals surface area contributed by atoms with E-state index in [2.05, 4.69) is 44.2 Å². The summed E-state index contributed by atoms with van der Waals surface area (Å²) in [5.74, 6) is 2.41. The number of thiophene rings is 1. The summed E-state index contributed by atoms with van der Waals surface area (Å²) in [6.07, 6.45) is 0. The topological polar surface area (TPSA) is 3.24 Å². The van der Waals surface area contributed by atoms with Gasteiger partial charge in [0.25, 0.3) is 0 Å². The molecule has 1 aromatic heterocycles. The Balaban J connectivity index is 2.24. The van der Waals surface area contributed by atoms with E-state index < -0.39 is 0 Å². The van der Waals surface area contributed by atoms with Crippen molar-refractivity contribution >= 4 is 11.3 Å². The zero-order valence-corrected chi connectivity index (χ0v) is 11.0. The number of aryl methyl sites for hydroxylation is 1. The van der Waals surface area contributed by atoms with Crippen LogP contribution in [0.3, 0.4) is 0 Å². The van der Waals surface area contributed by atoms with E-state index in [1.165, 1.54) is 18.7 Å². The van der Waals surface area contributed by atoms with Crippen LogP contribution in [0.2, 0.25) is 0 Å². The van der Waals surface area contributed by atoms with Crippen LogP contribution >= 0.6 is 11.3 Å². The van der Waals surface area contributed by atoms with Gasteiger partial charge in [-0.3, -0.25) is 0 Å². The van der Waals surface area contributed by atoms with Crippen molar-refractivity contribution in [2.75, 3.05) is 20.1 Å². The summed E-state index contributed by atoms with van der Waals surface area (Å²) in [7, 11) is 2.25. The average molecular weight is 223 g/mol.